The first-order valence-electron chi connectivity index (χ1n) is 9.25. The van der Waals surface area contributed by atoms with Crippen LogP contribution in [0.1, 0.15) is 26.3 Å². The number of likely N-dealkylation sites (N-methyl/N-ethyl adjacent to an activating group) is 1. The minimum atomic E-state index is -4.11. The Morgan fingerprint density at radius 2 is 1.44 bits per heavy atom. The number of hydrogen-bond donors (Lipinski definition) is 0. The second kappa shape index (κ2) is 7.61. The van der Waals surface area contributed by atoms with Gasteiger partial charge in [-0.3, -0.25) is 18.8 Å². The Bertz CT molecular complexity index is 1290. The van der Waals surface area contributed by atoms with E-state index in [9.17, 15) is 27.6 Å². The lowest BCUT2D eigenvalue weighted by Crippen LogP contribution is -2.38. The van der Waals surface area contributed by atoms with E-state index in [0.29, 0.717) is 4.31 Å². The van der Waals surface area contributed by atoms with Crippen LogP contribution in [-0.4, -0.2) is 62.1 Å². The van der Waals surface area contributed by atoms with Crippen LogP contribution < -0.4 is 0 Å². The molecule has 0 saturated heterocycles. The van der Waals surface area contributed by atoms with E-state index in [0.717, 1.165) is 19.1 Å². The molecular weight excluding hydrogens is 440 g/mol. The van der Waals surface area contributed by atoms with Crippen LogP contribution in [0.25, 0.3) is 5.76 Å². The van der Waals surface area contributed by atoms with Gasteiger partial charge in [0.25, 0.3) is 21.8 Å². The Balaban J connectivity index is 1.70. The van der Waals surface area contributed by atoms with Crippen LogP contribution in [-0.2, 0) is 29.1 Å². The third-order valence-electron chi connectivity index (χ3n) is 5.06. The van der Waals surface area contributed by atoms with Crippen LogP contribution in [0, 0.1) is 0 Å². The number of carbonyl (C=O) groups is 4. The molecule has 0 bridgehead atoms. The molecule has 4 rings (SSSR count). The molecule has 2 aromatic rings. The first-order valence-corrected chi connectivity index (χ1v) is 10.7. The van der Waals surface area contributed by atoms with Gasteiger partial charge in [-0.1, -0.05) is 24.3 Å². The fraction of sp³-hybridized carbons (Fsp3) is 0.143. The zero-order chi connectivity index (χ0) is 23.2. The third kappa shape index (κ3) is 3.14. The smallest absolute Gasteiger partial charge is 0.359 e. The summed E-state index contributed by atoms with van der Waals surface area (Å²) in [5, 5.41) is 0. The molecule has 0 radical (unpaired) electrons. The molecule has 0 fully saturated rings. The molecule has 0 spiro atoms. The van der Waals surface area contributed by atoms with E-state index in [1.54, 1.807) is 12.1 Å². The van der Waals surface area contributed by atoms with Crippen molar-refractivity contribution < 1.29 is 37.1 Å². The summed E-state index contributed by atoms with van der Waals surface area (Å²) in [7, 11) is -1.93. The van der Waals surface area contributed by atoms with Crippen LogP contribution in [0.15, 0.2) is 59.1 Å². The van der Waals surface area contributed by atoms with Gasteiger partial charge in [-0.25, -0.2) is 18.0 Å². The van der Waals surface area contributed by atoms with Crippen molar-refractivity contribution in [3.05, 3.63) is 70.9 Å². The molecular formula is C21H16N2O8S. The van der Waals surface area contributed by atoms with E-state index in [4.69, 9.17) is 4.74 Å². The predicted octanol–water partition coefficient (Wildman–Crippen LogP) is 1.00. The third-order valence-corrected chi connectivity index (χ3v) is 6.88. The fourth-order valence-electron chi connectivity index (χ4n) is 3.50. The lowest BCUT2D eigenvalue weighted by atomic mass is 10.1. The summed E-state index contributed by atoms with van der Waals surface area (Å²) in [4.78, 5) is 50.7. The number of benzene rings is 2. The van der Waals surface area contributed by atoms with Crippen LogP contribution in [0.3, 0.4) is 0 Å². The van der Waals surface area contributed by atoms with E-state index < -0.39 is 46.0 Å². The van der Waals surface area contributed by atoms with Gasteiger partial charge < -0.3 is 9.47 Å². The van der Waals surface area contributed by atoms with E-state index in [2.05, 4.69) is 4.74 Å². The van der Waals surface area contributed by atoms with Crippen LogP contribution >= 0.6 is 0 Å². The largest absolute Gasteiger partial charge is 0.464 e. The van der Waals surface area contributed by atoms with Gasteiger partial charge in [0.1, 0.15) is 6.54 Å². The van der Waals surface area contributed by atoms with Gasteiger partial charge in [0.2, 0.25) is 0 Å². The molecule has 2 aliphatic heterocycles. The molecule has 2 heterocycles. The van der Waals surface area contributed by atoms with Crippen molar-refractivity contribution in [2.45, 2.75) is 4.90 Å². The Hall–Kier alpha value is -3.99. The molecule has 164 valence electrons. The average Bonchev–Trinajstić information content (AvgIpc) is 3.02. The van der Waals surface area contributed by atoms with Gasteiger partial charge in [0, 0.05) is 12.6 Å². The van der Waals surface area contributed by atoms with E-state index in [1.165, 1.54) is 36.4 Å². The molecule has 0 unspecified atom stereocenters. The summed E-state index contributed by atoms with van der Waals surface area (Å²) >= 11 is 0. The molecule has 0 saturated carbocycles. The first kappa shape index (κ1) is 21.2. The molecule has 32 heavy (non-hydrogen) atoms. The first-order chi connectivity index (χ1) is 15.2. The number of sulfonamides is 1. The second-order valence-corrected chi connectivity index (χ2v) is 8.79. The van der Waals surface area contributed by atoms with Crippen molar-refractivity contribution in [2.75, 3.05) is 20.7 Å². The normalized spacial score (nSPS) is 16.6. The summed E-state index contributed by atoms with van der Waals surface area (Å²) in [5.74, 6) is -3.76. The van der Waals surface area contributed by atoms with Gasteiger partial charge in [-0.05, 0) is 24.3 Å². The highest BCUT2D eigenvalue weighted by molar-refractivity contribution is 7.89. The number of ether oxygens (including phenoxy) is 2. The van der Waals surface area contributed by atoms with Crippen LogP contribution in [0.5, 0.6) is 0 Å². The molecule has 2 aliphatic rings. The molecule has 2 amide bonds. The number of imide groups is 1. The lowest BCUT2D eigenvalue weighted by Gasteiger charge is -2.29. The van der Waals surface area contributed by atoms with Gasteiger partial charge in [0.05, 0.1) is 23.1 Å². The maximum absolute atomic E-state index is 12.8. The SMILES string of the molecule is COC(=O)C1=C(OC(=O)CN2C(=O)c3ccccc3C2=O)c2ccccc2S(=O)(=O)N1C. The fourth-order valence-corrected chi connectivity index (χ4v) is 4.88. The second-order valence-electron chi connectivity index (χ2n) is 6.85. The zero-order valence-corrected chi connectivity index (χ0v) is 17.7. The number of esters is 2. The number of fused-ring (bicyclic) bond motifs is 2. The summed E-state index contributed by atoms with van der Waals surface area (Å²) < 4.78 is 36.3. The lowest BCUT2D eigenvalue weighted by molar-refractivity contribution is -0.138. The van der Waals surface area contributed by atoms with Crippen molar-refractivity contribution in [3.8, 4) is 0 Å². The summed E-state index contributed by atoms with van der Waals surface area (Å²) in [6.07, 6.45) is 0. The zero-order valence-electron chi connectivity index (χ0n) is 16.9. The molecule has 0 N–H and O–H groups in total. The van der Waals surface area contributed by atoms with Crippen LogP contribution in [0.4, 0.5) is 0 Å². The highest BCUT2D eigenvalue weighted by Crippen LogP contribution is 2.37. The van der Waals surface area contributed by atoms with Crippen LogP contribution in [0.2, 0.25) is 0 Å². The number of nitrogens with zero attached hydrogens (tertiary/aromatic N) is 2. The van der Waals surface area contributed by atoms with E-state index in [-0.39, 0.29) is 27.3 Å². The van der Waals surface area contributed by atoms with E-state index >= 15 is 0 Å². The van der Waals surface area contributed by atoms with Crippen molar-refractivity contribution in [1.82, 2.24) is 9.21 Å². The molecule has 0 aliphatic carbocycles. The summed E-state index contributed by atoms with van der Waals surface area (Å²) in [6.45, 7) is -0.733. The standard InChI is InChI=1S/C21H16N2O8S/c1-22-17(21(27)30-2)18(14-9-5-6-10-15(14)32(22,28)29)31-16(24)11-23-19(25)12-7-3-4-8-13(12)20(23)26/h3-10H,11H2,1-2H3. The van der Waals surface area contributed by atoms with E-state index in [1.807, 2.05) is 0 Å². The molecule has 0 aromatic heterocycles. The molecule has 0 atom stereocenters. The van der Waals surface area contributed by atoms with Gasteiger partial charge in [0.15, 0.2) is 11.5 Å². The quantitative estimate of drug-likeness (QED) is 0.493. The Labute approximate surface area is 182 Å². The number of carbonyl (C=O) groups excluding carboxylic acids is 4. The summed E-state index contributed by atoms with van der Waals surface area (Å²) in [6, 6.07) is 11.8. The number of hydrogen-bond acceptors (Lipinski definition) is 8. The number of amides is 2. The van der Waals surface area contributed by atoms with Crippen molar-refractivity contribution in [1.29, 1.82) is 0 Å². The van der Waals surface area contributed by atoms with Crippen molar-refractivity contribution in [2.24, 2.45) is 0 Å². The maximum Gasteiger partial charge on any atom is 0.359 e. The molecule has 11 heteroatoms. The molecule has 2 aromatic carbocycles. The minimum Gasteiger partial charge on any atom is -0.464 e. The number of rotatable bonds is 4. The van der Waals surface area contributed by atoms with Gasteiger partial charge in [-0.2, -0.15) is 0 Å². The predicted molar refractivity (Wildman–Crippen MR) is 108 cm³/mol. The average molecular weight is 456 g/mol. The Morgan fingerprint density at radius 1 is 0.906 bits per heavy atom. The van der Waals surface area contributed by atoms with Crippen molar-refractivity contribution >= 4 is 39.5 Å². The summed E-state index contributed by atoms with van der Waals surface area (Å²) in [5.41, 5.74) is -0.217. The van der Waals surface area contributed by atoms with Crippen molar-refractivity contribution in [3.63, 3.8) is 0 Å². The Kier molecular flexibility index (Phi) is 5.05. The topological polar surface area (TPSA) is 127 Å². The Morgan fingerprint density at radius 3 is 2.00 bits per heavy atom. The minimum absolute atomic E-state index is 0.0262. The highest BCUT2D eigenvalue weighted by atomic mass is 32.2. The maximum atomic E-state index is 12.8. The van der Waals surface area contributed by atoms with Gasteiger partial charge >= 0.3 is 11.9 Å². The van der Waals surface area contributed by atoms with Gasteiger partial charge in [-0.15, -0.1) is 0 Å². The highest BCUT2D eigenvalue weighted by Gasteiger charge is 2.41. The molecule has 10 nitrogen and oxygen atoms in total. The monoisotopic (exact) mass is 456 g/mol. The number of methoxy groups -OCH3 is 1.